The first kappa shape index (κ1) is 17.5. The van der Waals surface area contributed by atoms with Crippen molar-refractivity contribution in [3.63, 3.8) is 0 Å². The van der Waals surface area contributed by atoms with Crippen molar-refractivity contribution < 1.29 is 14.3 Å². The van der Waals surface area contributed by atoms with Crippen molar-refractivity contribution >= 4 is 12.0 Å². The number of nitrogens with zero attached hydrogens (tertiary/aromatic N) is 1. The zero-order valence-electron chi connectivity index (χ0n) is 13.0. The summed E-state index contributed by atoms with van der Waals surface area (Å²) in [6, 6.07) is -0.101. The van der Waals surface area contributed by atoms with Crippen LogP contribution < -0.4 is 5.32 Å². The Kier molecular flexibility index (Phi) is 6.59. The van der Waals surface area contributed by atoms with Gasteiger partial charge in [0.1, 0.15) is 5.60 Å². The van der Waals surface area contributed by atoms with Crippen molar-refractivity contribution in [3.05, 3.63) is 11.6 Å². The molecule has 0 saturated carbocycles. The molecule has 0 aliphatic carbocycles. The maximum Gasteiger partial charge on any atom is 0.407 e. The van der Waals surface area contributed by atoms with Crippen LogP contribution >= 0.6 is 0 Å². The molecular formula is C14H26N2O3. The summed E-state index contributed by atoms with van der Waals surface area (Å²) in [4.78, 5) is 24.8. The lowest BCUT2D eigenvalue weighted by Gasteiger charge is -2.25. The summed E-state index contributed by atoms with van der Waals surface area (Å²) in [5.74, 6) is -0.0708. The van der Waals surface area contributed by atoms with Gasteiger partial charge in [-0.15, -0.1) is 0 Å². The molecule has 0 saturated heterocycles. The van der Waals surface area contributed by atoms with E-state index in [0.717, 1.165) is 5.57 Å². The molecule has 0 bridgehead atoms. The zero-order valence-corrected chi connectivity index (χ0v) is 13.0. The summed E-state index contributed by atoms with van der Waals surface area (Å²) in [6.07, 6.45) is 1.10. The molecule has 0 aromatic carbocycles. The maximum atomic E-state index is 11.8. The fourth-order valence-electron chi connectivity index (χ4n) is 1.25. The molecular weight excluding hydrogens is 244 g/mol. The van der Waals surface area contributed by atoms with E-state index in [1.807, 2.05) is 20.8 Å². The molecule has 0 aliphatic heterocycles. The minimum absolute atomic E-state index is 0.0708. The third-order valence-electron chi connectivity index (χ3n) is 2.36. The molecule has 0 unspecified atom stereocenters. The Labute approximate surface area is 116 Å². The van der Waals surface area contributed by atoms with Crippen molar-refractivity contribution in [1.82, 2.24) is 10.2 Å². The molecule has 0 aromatic rings. The van der Waals surface area contributed by atoms with Crippen LogP contribution in [0.25, 0.3) is 0 Å². The fraction of sp³-hybridized carbons (Fsp3) is 0.714. The molecule has 2 amide bonds. The van der Waals surface area contributed by atoms with Gasteiger partial charge in [-0.3, -0.25) is 4.79 Å². The van der Waals surface area contributed by atoms with Gasteiger partial charge in [-0.25, -0.2) is 4.79 Å². The van der Waals surface area contributed by atoms with Crippen LogP contribution in [0.15, 0.2) is 11.6 Å². The molecule has 19 heavy (non-hydrogen) atoms. The van der Waals surface area contributed by atoms with Gasteiger partial charge in [-0.2, -0.15) is 0 Å². The van der Waals surface area contributed by atoms with Gasteiger partial charge in [0.05, 0.1) is 0 Å². The van der Waals surface area contributed by atoms with E-state index in [2.05, 4.69) is 5.32 Å². The van der Waals surface area contributed by atoms with E-state index in [1.54, 1.807) is 38.8 Å². The monoisotopic (exact) mass is 270 g/mol. The van der Waals surface area contributed by atoms with Gasteiger partial charge in [-0.1, -0.05) is 5.57 Å². The Morgan fingerprint density at radius 3 is 2.26 bits per heavy atom. The Hall–Kier alpha value is -1.52. The van der Waals surface area contributed by atoms with Crippen LogP contribution in [0.1, 0.15) is 41.5 Å². The topological polar surface area (TPSA) is 58.6 Å². The number of amides is 2. The summed E-state index contributed by atoms with van der Waals surface area (Å²) >= 11 is 0. The second-order valence-electron chi connectivity index (χ2n) is 5.90. The lowest BCUT2D eigenvalue weighted by Crippen LogP contribution is -2.43. The highest BCUT2D eigenvalue weighted by Gasteiger charge is 2.18. The first-order valence-corrected chi connectivity index (χ1v) is 6.41. The van der Waals surface area contributed by atoms with E-state index in [9.17, 15) is 9.59 Å². The van der Waals surface area contributed by atoms with Crippen LogP contribution in [-0.4, -0.2) is 42.1 Å². The zero-order chi connectivity index (χ0) is 15.2. The first-order valence-electron chi connectivity index (χ1n) is 6.41. The lowest BCUT2D eigenvalue weighted by molar-refractivity contribution is -0.126. The molecule has 5 heteroatoms. The Balaban J connectivity index is 4.25. The molecule has 0 spiro atoms. The van der Waals surface area contributed by atoms with Gasteiger partial charge < -0.3 is 15.0 Å². The number of hydrogen-bond donors (Lipinski definition) is 1. The van der Waals surface area contributed by atoms with E-state index in [4.69, 9.17) is 4.74 Å². The molecule has 1 atom stereocenters. The van der Waals surface area contributed by atoms with Gasteiger partial charge in [0, 0.05) is 25.7 Å². The molecule has 0 heterocycles. The Morgan fingerprint density at radius 2 is 1.84 bits per heavy atom. The predicted octanol–water partition coefficient (Wildman–Crippen LogP) is 2.32. The van der Waals surface area contributed by atoms with E-state index < -0.39 is 11.7 Å². The number of allylic oxidation sites excluding steroid dienone is 1. The van der Waals surface area contributed by atoms with Crippen LogP contribution in [0.5, 0.6) is 0 Å². The van der Waals surface area contributed by atoms with Crippen molar-refractivity contribution in [2.24, 2.45) is 0 Å². The SMILES string of the molecule is CC(C)=CC(=O)N(C)[C@@H](C)CNC(=O)OC(C)(C)C. The quantitative estimate of drug-likeness (QED) is 0.798. The van der Waals surface area contributed by atoms with Crippen LogP contribution in [0, 0.1) is 0 Å². The van der Waals surface area contributed by atoms with Crippen molar-refractivity contribution in [3.8, 4) is 0 Å². The van der Waals surface area contributed by atoms with E-state index in [-0.39, 0.29) is 11.9 Å². The summed E-state index contributed by atoms with van der Waals surface area (Å²) in [5.41, 5.74) is 0.432. The van der Waals surface area contributed by atoms with Gasteiger partial charge in [0.15, 0.2) is 0 Å². The van der Waals surface area contributed by atoms with Gasteiger partial charge in [-0.05, 0) is 41.5 Å². The largest absolute Gasteiger partial charge is 0.444 e. The highest BCUT2D eigenvalue weighted by Crippen LogP contribution is 2.06. The minimum Gasteiger partial charge on any atom is -0.444 e. The van der Waals surface area contributed by atoms with Gasteiger partial charge in [0.25, 0.3) is 0 Å². The van der Waals surface area contributed by atoms with Crippen LogP contribution in [0.4, 0.5) is 4.79 Å². The number of alkyl carbamates (subject to hydrolysis) is 1. The van der Waals surface area contributed by atoms with Crippen molar-refractivity contribution in [2.75, 3.05) is 13.6 Å². The van der Waals surface area contributed by atoms with Crippen LogP contribution in [0.3, 0.4) is 0 Å². The summed E-state index contributed by atoms with van der Waals surface area (Å²) in [5, 5.41) is 2.65. The maximum absolute atomic E-state index is 11.8. The second-order valence-corrected chi connectivity index (χ2v) is 5.90. The lowest BCUT2D eigenvalue weighted by atomic mass is 10.2. The minimum atomic E-state index is -0.517. The molecule has 0 aromatic heterocycles. The number of likely N-dealkylation sites (N-methyl/N-ethyl adjacent to an activating group) is 1. The molecule has 0 rings (SSSR count). The fourth-order valence-corrected chi connectivity index (χ4v) is 1.25. The molecule has 5 nitrogen and oxygen atoms in total. The molecule has 0 aliphatic rings. The summed E-state index contributed by atoms with van der Waals surface area (Å²) in [6.45, 7) is 11.4. The number of carbonyl (C=O) groups is 2. The normalized spacial score (nSPS) is 12.4. The standard InChI is InChI=1S/C14H26N2O3/c1-10(2)8-12(17)16(7)11(3)9-15-13(18)19-14(4,5)6/h8,11H,9H2,1-7H3,(H,15,18)/t11-/m0/s1. The van der Waals surface area contributed by atoms with Crippen LogP contribution in [-0.2, 0) is 9.53 Å². The number of ether oxygens (including phenoxy) is 1. The second kappa shape index (κ2) is 7.16. The number of nitrogens with one attached hydrogen (secondary N) is 1. The Morgan fingerprint density at radius 1 is 1.32 bits per heavy atom. The predicted molar refractivity (Wildman–Crippen MR) is 75.9 cm³/mol. The van der Waals surface area contributed by atoms with Gasteiger partial charge in [0.2, 0.25) is 5.91 Å². The molecule has 0 fully saturated rings. The van der Waals surface area contributed by atoms with Crippen LogP contribution in [0.2, 0.25) is 0 Å². The summed E-state index contributed by atoms with van der Waals surface area (Å²) < 4.78 is 5.13. The average molecular weight is 270 g/mol. The average Bonchev–Trinajstić information content (AvgIpc) is 2.21. The van der Waals surface area contributed by atoms with E-state index >= 15 is 0 Å². The summed E-state index contributed by atoms with van der Waals surface area (Å²) in [7, 11) is 1.71. The number of rotatable bonds is 4. The third kappa shape index (κ3) is 8.24. The third-order valence-corrected chi connectivity index (χ3v) is 2.36. The Bertz CT molecular complexity index is 352. The molecule has 110 valence electrons. The van der Waals surface area contributed by atoms with Gasteiger partial charge >= 0.3 is 6.09 Å². The smallest absolute Gasteiger partial charge is 0.407 e. The first-order chi connectivity index (χ1) is 8.53. The molecule has 0 radical (unpaired) electrons. The number of hydrogen-bond acceptors (Lipinski definition) is 3. The highest BCUT2D eigenvalue weighted by molar-refractivity contribution is 5.88. The number of carbonyl (C=O) groups excluding carboxylic acids is 2. The van der Waals surface area contributed by atoms with E-state index in [1.165, 1.54) is 0 Å². The van der Waals surface area contributed by atoms with E-state index in [0.29, 0.717) is 6.54 Å². The highest BCUT2D eigenvalue weighted by atomic mass is 16.6. The van der Waals surface area contributed by atoms with Crippen molar-refractivity contribution in [1.29, 1.82) is 0 Å². The molecule has 1 N–H and O–H groups in total. The van der Waals surface area contributed by atoms with Crippen molar-refractivity contribution in [2.45, 2.75) is 53.2 Å².